The predicted octanol–water partition coefficient (Wildman–Crippen LogP) is 3.19. The molecule has 0 spiro atoms. The number of rotatable bonds is 10. The van der Waals surface area contributed by atoms with E-state index in [0.29, 0.717) is 11.5 Å². The van der Waals surface area contributed by atoms with Crippen LogP contribution in [-0.4, -0.2) is 43.0 Å². The zero-order chi connectivity index (χ0) is 19.9. The summed E-state index contributed by atoms with van der Waals surface area (Å²) in [7, 11) is -0.295. The zero-order valence-electron chi connectivity index (χ0n) is 16.0. The highest BCUT2D eigenvalue weighted by atomic mass is 31.2. The van der Waals surface area contributed by atoms with Gasteiger partial charge in [0.2, 0.25) is 7.37 Å². The molecule has 2 unspecified atom stereocenters. The lowest BCUT2D eigenvalue weighted by Gasteiger charge is -2.22. The first-order valence-electron chi connectivity index (χ1n) is 8.83. The van der Waals surface area contributed by atoms with Crippen molar-refractivity contribution in [1.82, 2.24) is 5.32 Å². The highest BCUT2D eigenvalue weighted by Gasteiger charge is 2.24. The Morgan fingerprint density at radius 1 is 1.04 bits per heavy atom. The molecule has 0 aliphatic heterocycles. The van der Waals surface area contributed by atoms with Gasteiger partial charge in [0.15, 0.2) is 0 Å². The molecular formula is C20H28NO5P. The Morgan fingerprint density at radius 3 is 2.19 bits per heavy atom. The fourth-order valence-electron chi connectivity index (χ4n) is 3.05. The topological polar surface area (TPSA) is 88.0 Å². The summed E-state index contributed by atoms with van der Waals surface area (Å²) >= 11 is 0. The minimum absolute atomic E-state index is 0.0563. The van der Waals surface area contributed by atoms with Crippen LogP contribution < -0.4 is 14.8 Å². The summed E-state index contributed by atoms with van der Waals surface area (Å²) in [6, 6.07) is 14.5. The highest BCUT2D eigenvalue weighted by molar-refractivity contribution is 7.57. The number of hydrogen-bond acceptors (Lipinski definition) is 5. The van der Waals surface area contributed by atoms with Gasteiger partial charge in [-0.1, -0.05) is 36.4 Å². The summed E-state index contributed by atoms with van der Waals surface area (Å²) < 4.78 is 23.2. The molecule has 0 saturated heterocycles. The second-order valence-electron chi connectivity index (χ2n) is 6.53. The summed E-state index contributed by atoms with van der Waals surface area (Å²) in [6.45, 7) is 2.11. The van der Waals surface area contributed by atoms with Crippen LogP contribution in [0.25, 0.3) is 0 Å². The van der Waals surface area contributed by atoms with Crippen molar-refractivity contribution in [3.8, 4) is 11.5 Å². The number of benzene rings is 2. The summed E-state index contributed by atoms with van der Waals surface area (Å²) in [5.74, 6) is 1.36. The zero-order valence-corrected chi connectivity index (χ0v) is 16.9. The van der Waals surface area contributed by atoms with Gasteiger partial charge in [-0.15, -0.1) is 0 Å². The second kappa shape index (κ2) is 9.90. The van der Waals surface area contributed by atoms with Gasteiger partial charge in [0.1, 0.15) is 11.5 Å². The third-order valence-corrected chi connectivity index (χ3v) is 6.18. The molecule has 0 saturated carbocycles. The molecule has 2 aromatic carbocycles. The van der Waals surface area contributed by atoms with Gasteiger partial charge < -0.3 is 24.8 Å². The molecular weight excluding hydrogens is 365 g/mol. The van der Waals surface area contributed by atoms with Gasteiger partial charge in [-0.2, -0.15) is 0 Å². The first kappa shape index (κ1) is 21.5. The molecule has 27 heavy (non-hydrogen) atoms. The van der Waals surface area contributed by atoms with Gasteiger partial charge in [-0.3, -0.25) is 4.57 Å². The van der Waals surface area contributed by atoms with Crippen LogP contribution >= 0.6 is 7.37 Å². The quantitative estimate of drug-likeness (QED) is 0.538. The smallest absolute Gasteiger partial charge is 0.207 e. The van der Waals surface area contributed by atoms with Crippen molar-refractivity contribution in [2.45, 2.75) is 25.2 Å². The van der Waals surface area contributed by atoms with Crippen LogP contribution in [0.5, 0.6) is 11.5 Å². The van der Waals surface area contributed by atoms with Gasteiger partial charge in [0.05, 0.1) is 32.0 Å². The van der Waals surface area contributed by atoms with Crippen LogP contribution in [0.1, 0.15) is 24.1 Å². The average molecular weight is 393 g/mol. The lowest BCUT2D eigenvalue weighted by Crippen LogP contribution is -2.31. The molecule has 0 bridgehead atoms. The first-order chi connectivity index (χ1) is 12.9. The van der Waals surface area contributed by atoms with Gasteiger partial charge in [0.25, 0.3) is 0 Å². The average Bonchev–Trinajstić information content (AvgIpc) is 2.65. The molecule has 2 rings (SSSR count). The van der Waals surface area contributed by atoms with E-state index in [4.69, 9.17) is 9.47 Å². The largest absolute Gasteiger partial charge is 0.496 e. The van der Waals surface area contributed by atoms with Crippen molar-refractivity contribution in [1.29, 1.82) is 0 Å². The van der Waals surface area contributed by atoms with E-state index < -0.39 is 13.5 Å². The van der Waals surface area contributed by atoms with Crippen LogP contribution in [0.15, 0.2) is 48.5 Å². The summed E-state index contributed by atoms with van der Waals surface area (Å²) in [6.07, 6.45) is -1.04. The minimum atomic E-state index is -3.47. The van der Waals surface area contributed by atoms with Gasteiger partial charge >= 0.3 is 0 Å². The standard InChI is InChI=1S/C20H28NO5P/c1-15(20-18(25-2)10-7-11-19(20)26-3)21-12-17(22)14-27(23,24)13-16-8-5-4-6-9-16/h4-11,15,17,21-22H,12-14H2,1-3H3,(H,23,24)/t15?,17-/m0/s1. The maximum Gasteiger partial charge on any atom is 0.207 e. The van der Waals surface area contributed by atoms with Gasteiger partial charge in [-0.05, 0) is 24.6 Å². The SMILES string of the molecule is COc1cccc(OC)c1C(C)NC[C@H](O)CP(=O)(O)Cc1ccccc1. The molecule has 0 amide bonds. The van der Waals surface area contributed by atoms with Crippen LogP contribution in [0.2, 0.25) is 0 Å². The van der Waals surface area contributed by atoms with Crippen molar-refractivity contribution in [2.24, 2.45) is 0 Å². The molecule has 6 nitrogen and oxygen atoms in total. The first-order valence-corrected chi connectivity index (χ1v) is 10.9. The van der Waals surface area contributed by atoms with Crippen LogP contribution in [-0.2, 0) is 10.7 Å². The molecule has 0 aliphatic rings. The maximum absolute atomic E-state index is 12.4. The maximum atomic E-state index is 12.4. The van der Waals surface area contributed by atoms with Crippen LogP contribution in [0.3, 0.4) is 0 Å². The van der Waals surface area contributed by atoms with Crippen molar-refractivity contribution < 1.29 is 24.0 Å². The van der Waals surface area contributed by atoms with Gasteiger partial charge in [0, 0.05) is 18.7 Å². The third kappa shape index (κ3) is 6.36. The Bertz CT molecular complexity index is 746. The van der Waals surface area contributed by atoms with E-state index in [-0.39, 0.29) is 24.9 Å². The number of aliphatic hydroxyl groups excluding tert-OH is 1. The molecule has 3 atom stereocenters. The van der Waals surface area contributed by atoms with Crippen molar-refractivity contribution in [3.05, 3.63) is 59.7 Å². The number of aliphatic hydroxyl groups is 1. The van der Waals surface area contributed by atoms with E-state index >= 15 is 0 Å². The Morgan fingerprint density at radius 2 is 1.63 bits per heavy atom. The Labute approximate surface area is 160 Å². The molecule has 0 aliphatic carbocycles. The van der Waals surface area contributed by atoms with E-state index in [9.17, 15) is 14.6 Å². The molecule has 0 heterocycles. The molecule has 0 radical (unpaired) electrons. The predicted molar refractivity (Wildman–Crippen MR) is 107 cm³/mol. The van der Waals surface area contributed by atoms with Crippen molar-refractivity contribution in [2.75, 3.05) is 26.9 Å². The third-order valence-electron chi connectivity index (χ3n) is 4.33. The molecule has 7 heteroatoms. The van der Waals surface area contributed by atoms with Crippen LogP contribution in [0.4, 0.5) is 0 Å². The van der Waals surface area contributed by atoms with Crippen molar-refractivity contribution in [3.63, 3.8) is 0 Å². The molecule has 2 aromatic rings. The van der Waals surface area contributed by atoms with E-state index in [1.165, 1.54) is 0 Å². The minimum Gasteiger partial charge on any atom is -0.496 e. The normalized spacial score (nSPS) is 15.6. The lowest BCUT2D eigenvalue weighted by atomic mass is 10.1. The Kier molecular flexibility index (Phi) is 7.87. The number of nitrogens with one attached hydrogen (secondary N) is 1. The number of methoxy groups -OCH3 is 2. The van der Waals surface area contributed by atoms with E-state index in [1.807, 2.05) is 55.5 Å². The van der Waals surface area contributed by atoms with Crippen molar-refractivity contribution >= 4 is 7.37 Å². The molecule has 148 valence electrons. The molecule has 0 aromatic heterocycles. The Hall–Kier alpha value is -1.85. The summed E-state index contributed by atoms with van der Waals surface area (Å²) in [5.41, 5.74) is 1.63. The summed E-state index contributed by atoms with van der Waals surface area (Å²) in [5, 5.41) is 13.4. The van der Waals surface area contributed by atoms with Crippen LogP contribution in [0, 0.1) is 0 Å². The number of ether oxygens (including phenoxy) is 2. The molecule has 0 fully saturated rings. The second-order valence-corrected chi connectivity index (χ2v) is 8.91. The fraction of sp³-hybridized carbons (Fsp3) is 0.400. The summed E-state index contributed by atoms with van der Waals surface area (Å²) in [4.78, 5) is 10.2. The monoisotopic (exact) mass is 393 g/mol. The highest BCUT2D eigenvalue weighted by Crippen LogP contribution is 2.45. The fourth-order valence-corrected chi connectivity index (χ4v) is 4.75. The Balaban J connectivity index is 1.95. The van der Waals surface area contributed by atoms with E-state index in [0.717, 1.165) is 11.1 Å². The lowest BCUT2D eigenvalue weighted by molar-refractivity contribution is 0.185. The van der Waals surface area contributed by atoms with E-state index in [2.05, 4.69) is 5.32 Å². The molecule has 3 N–H and O–H groups in total. The van der Waals surface area contributed by atoms with Gasteiger partial charge in [-0.25, -0.2) is 0 Å². The number of hydrogen-bond donors (Lipinski definition) is 3. The van der Waals surface area contributed by atoms with E-state index in [1.54, 1.807) is 14.2 Å².